The number of nitro groups is 1. The van der Waals surface area contributed by atoms with Crippen molar-refractivity contribution in [3.05, 3.63) is 39.9 Å². The maximum Gasteiger partial charge on any atom is 0.269 e. The lowest BCUT2D eigenvalue weighted by Crippen LogP contribution is -2.41. The van der Waals surface area contributed by atoms with E-state index in [9.17, 15) is 19.7 Å². The van der Waals surface area contributed by atoms with Crippen LogP contribution in [0.2, 0.25) is 0 Å². The van der Waals surface area contributed by atoms with Crippen molar-refractivity contribution < 1.29 is 14.5 Å². The van der Waals surface area contributed by atoms with E-state index in [2.05, 4.69) is 5.43 Å². The third kappa shape index (κ3) is 1.91. The van der Waals surface area contributed by atoms with Gasteiger partial charge in [-0.1, -0.05) is 12.1 Å². The van der Waals surface area contributed by atoms with Crippen molar-refractivity contribution in [2.24, 2.45) is 5.92 Å². The van der Waals surface area contributed by atoms with Crippen molar-refractivity contribution in [2.45, 2.75) is 12.1 Å². The number of carbonyl (C=O) groups is 2. The number of rotatable bonds is 2. The molecular weight excluding hydrogens is 276 g/mol. The molecule has 0 bridgehead atoms. The molecule has 2 aliphatic rings. The number of hydrazine groups is 1. The molecular formula is C13H14N4O4. The molecule has 8 nitrogen and oxygen atoms in total. The van der Waals surface area contributed by atoms with Crippen molar-refractivity contribution in [2.75, 3.05) is 14.1 Å². The van der Waals surface area contributed by atoms with Crippen LogP contribution in [0.25, 0.3) is 0 Å². The van der Waals surface area contributed by atoms with Crippen LogP contribution in [0.5, 0.6) is 0 Å². The number of imide groups is 1. The molecule has 0 aromatic heterocycles. The summed E-state index contributed by atoms with van der Waals surface area (Å²) in [6.07, 6.45) is 0. The molecule has 2 aliphatic heterocycles. The first-order valence-electron chi connectivity index (χ1n) is 6.46. The average molecular weight is 290 g/mol. The van der Waals surface area contributed by atoms with Crippen LogP contribution in [0.1, 0.15) is 11.6 Å². The Morgan fingerprint density at radius 3 is 2.33 bits per heavy atom. The zero-order valence-corrected chi connectivity index (χ0v) is 11.5. The lowest BCUT2D eigenvalue weighted by molar-refractivity contribution is -0.384. The zero-order valence-electron chi connectivity index (χ0n) is 11.5. The standard InChI is InChI=1S/C13H14N4O4/c1-15-12(18)9-10(14-16(2)11(9)13(15)19)7-3-5-8(6-4-7)17(20)21/h3-6,9-11,14H,1-2H3/t9-,10+,11+/m1/s1. The largest absolute Gasteiger partial charge is 0.284 e. The van der Waals surface area contributed by atoms with Gasteiger partial charge in [-0.3, -0.25) is 24.6 Å². The fraction of sp³-hybridized carbons (Fsp3) is 0.385. The van der Waals surface area contributed by atoms with Gasteiger partial charge in [-0.15, -0.1) is 0 Å². The van der Waals surface area contributed by atoms with Gasteiger partial charge in [0.15, 0.2) is 0 Å². The van der Waals surface area contributed by atoms with E-state index in [1.54, 1.807) is 24.2 Å². The third-order valence-electron chi connectivity index (χ3n) is 4.12. The minimum atomic E-state index is -0.525. The van der Waals surface area contributed by atoms with Gasteiger partial charge in [-0.05, 0) is 5.56 Å². The minimum absolute atomic E-state index is 0.00686. The summed E-state index contributed by atoms with van der Waals surface area (Å²) in [6, 6.07) is 5.14. The predicted molar refractivity (Wildman–Crippen MR) is 71.8 cm³/mol. The molecule has 0 unspecified atom stereocenters. The second kappa shape index (κ2) is 4.61. The molecule has 1 N–H and O–H groups in total. The number of fused-ring (bicyclic) bond motifs is 1. The van der Waals surface area contributed by atoms with Crippen LogP contribution < -0.4 is 5.43 Å². The summed E-state index contributed by atoms with van der Waals surface area (Å²) in [4.78, 5) is 35.6. The number of hydrogen-bond acceptors (Lipinski definition) is 6. The van der Waals surface area contributed by atoms with Crippen molar-refractivity contribution in [3.8, 4) is 0 Å². The third-order valence-corrected chi connectivity index (χ3v) is 4.12. The first-order valence-corrected chi connectivity index (χ1v) is 6.46. The number of likely N-dealkylation sites (N-methyl/N-ethyl adjacent to an activating group) is 2. The molecule has 2 heterocycles. The molecule has 8 heteroatoms. The van der Waals surface area contributed by atoms with Crippen LogP contribution in [-0.4, -0.2) is 46.8 Å². The molecule has 2 fully saturated rings. The van der Waals surface area contributed by atoms with Crippen LogP contribution in [0.15, 0.2) is 24.3 Å². The number of hydrogen-bond donors (Lipinski definition) is 1. The number of non-ortho nitro benzene ring substituents is 1. The van der Waals surface area contributed by atoms with Gasteiger partial charge in [0.05, 0.1) is 16.9 Å². The molecule has 1 aromatic carbocycles. The van der Waals surface area contributed by atoms with Gasteiger partial charge in [-0.2, -0.15) is 0 Å². The van der Waals surface area contributed by atoms with Crippen LogP contribution in [0.3, 0.4) is 0 Å². The van der Waals surface area contributed by atoms with E-state index in [1.165, 1.54) is 19.2 Å². The quantitative estimate of drug-likeness (QED) is 0.470. The Kier molecular flexibility index (Phi) is 2.99. The molecule has 110 valence electrons. The maximum absolute atomic E-state index is 12.2. The number of nitro benzene ring substituents is 1. The topological polar surface area (TPSA) is 95.8 Å². The van der Waals surface area contributed by atoms with Crippen LogP contribution >= 0.6 is 0 Å². The SMILES string of the molecule is CN1C(=O)[C@H]2[C@@H](C1=O)N(C)N[C@H]2c1ccc([N+](=O)[O-])cc1. The van der Waals surface area contributed by atoms with Crippen molar-refractivity contribution >= 4 is 17.5 Å². The zero-order chi connectivity index (χ0) is 15.3. The van der Waals surface area contributed by atoms with E-state index in [4.69, 9.17) is 0 Å². The second-order valence-corrected chi connectivity index (χ2v) is 5.27. The maximum atomic E-state index is 12.2. The fourth-order valence-electron chi connectivity index (χ4n) is 3.02. The Morgan fingerprint density at radius 2 is 1.76 bits per heavy atom. The number of carbonyl (C=O) groups excluding carboxylic acids is 2. The highest BCUT2D eigenvalue weighted by Crippen LogP contribution is 2.39. The Bertz CT molecular complexity index is 630. The molecule has 3 rings (SSSR count). The lowest BCUT2D eigenvalue weighted by Gasteiger charge is -2.19. The fourth-order valence-corrected chi connectivity index (χ4v) is 3.02. The first kappa shape index (κ1) is 13.7. The minimum Gasteiger partial charge on any atom is -0.284 e. The van der Waals surface area contributed by atoms with Crippen molar-refractivity contribution in [1.82, 2.24) is 15.3 Å². The van der Waals surface area contributed by atoms with E-state index in [0.717, 1.165) is 10.5 Å². The van der Waals surface area contributed by atoms with Gasteiger partial charge in [-0.25, -0.2) is 10.4 Å². The lowest BCUT2D eigenvalue weighted by atomic mass is 9.91. The van der Waals surface area contributed by atoms with Gasteiger partial charge < -0.3 is 0 Å². The smallest absolute Gasteiger partial charge is 0.269 e. The Balaban J connectivity index is 1.94. The Hall–Kier alpha value is -2.32. The Morgan fingerprint density at radius 1 is 1.14 bits per heavy atom. The van der Waals surface area contributed by atoms with E-state index >= 15 is 0 Å². The summed E-state index contributed by atoms with van der Waals surface area (Å²) < 4.78 is 0. The summed E-state index contributed by atoms with van der Waals surface area (Å²) in [6.45, 7) is 0. The first-order chi connectivity index (χ1) is 9.91. The van der Waals surface area contributed by atoms with E-state index in [1.807, 2.05) is 0 Å². The Labute approximate surface area is 120 Å². The molecule has 2 amide bonds. The monoisotopic (exact) mass is 290 g/mol. The van der Waals surface area contributed by atoms with Gasteiger partial charge >= 0.3 is 0 Å². The van der Waals surface area contributed by atoms with Crippen LogP contribution in [0.4, 0.5) is 5.69 Å². The molecule has 2 saturated heterocycles. The summed E-state index contributed by atoms with van der Waals surface area (Å²) in [5.74, 6) is -0.969. The number of nitrogens with one attached hydrogen (secondary N) is 1. The van der Waals surface area contributed by atoms with Gasteiger partial charge in [0.1, 0.15) is 6.04 Å². The second-order valence-electron chi connectivity index (χ2n) is 5.27. The van der Waals surface area contributed by atoms with Crippen LogP contribution in [0, 0.1) is 16.0 Å². The average Bonchev–Trinajstić information content (AvgIpc) is 2.92. The highest BCUT2D eigenvalue weighted by Gasteiger charge is 2.56. The highest BCUT2D eigenvalue weighted by molar-refractivity contribution is 6.07. The molecule has 0 saturated carbocycles. The summed E-state index contributed by atoms with van der Waals surface area (Å²) in [5.41, 5.74) is 3.84. The molecule has 1 aromatic rings. The summed E-state index contributed by atoms with van der Waals surface area (Å²) >= 11 is 0. The molecule has 21 heavy (non-hydrogen) atoms. The molecule has 0 spiro atoms. The predicted octanol–water partition coefficient (Wildman–Crippen LogP) is 0.0693. The van der Waals surface area contributed by atoms with E-state index in [0.29, 0.717) is 0 Å². The number of benzene rings is 1. The number of nitrogens with zero attached hydrogens (tertiary/aromatic N) is 3. The molecule has 0 aliphatic carbocycles. The number of amides is 2. The van der Waals surface area contributed by atoms with E-state index in [-0.39, 0.29) is 23.5 Å². The summed E-state index contributed by atoms with van der Waals surface area (Å²) in [5, 5.41) is 12.3. The van der Waals surface area contributed by atoms with E-state index < -0.39 is 16.9 Å². The highest BCUT2D eigenvalue weighted by atomic mass is 16.6. The van der Waals surface area contributed by atoms with Crippen molar-refractivity contribution in [3.63, 3.8) is 0 Å². The number of likely N-dealkylation sites (tertiary alicyclic amines) is 1. The van der Waals surface area contributed by atoms with Crippen LogP contribution in [-0.2, 0) is 9.59 Å². The van der Waals surface area contributed by atoms with Gasteiger partial charge in [0, 0.05) is 26.2 Å². The summed E-state index contributed by atoms with van der Waals surface area (Å²) in [7, 11) is 3.19. The normalized spacial score (nSPS) is 29.0. The van der Waals surface area contributed by atoms with Gasteiger partial charge in [0.25, 0.3) is 5.69 Å². The molecule has 0 radical (unpaired) electrons. The molecule has 3 atom stereocenters. The van der Waals surface area contributed by atoms with Crippen molar-refractivity contribution in [1.29, 1.82) is 0 Å². The van der Waals surface area contributed by atoms with Gasteiger partial charge in [0.2, 0.25) is 11.8 Å².